The van der Waals surface area contributed by atoms with Crippen molar-refractivity contribution in [3.8, 4) is 17.7 Å². The van der Waals surface area contributed by atoms with Gasteiger partial charge in [-0.25, -0.2) is 0 Å². The monoisotopic (exact) mass is 209 g/mol. The second-order valence-corrected chi connectivity index (χ2v) is 3.05. The quantitative estimate of drug-likeness (QED) is 0.768. The highest BCUT2D eigenvalue weighted by Crippen LogP contribution is 2.27. The van der Waals surface area contributed by atoms with Crippen molar-refractivity contribution in [2.24, 2.45) is 7.05 Å². The van der Waals surface area contributed by atoms with Gasteiger partial charge in [0.15, 0.2) is 0 Å². The summed E-state index contributed by atoms with van der Waals surface area (Å²) in [5.74, 6) is 0.299. The molecule has 0 fully saturated rings. The molecule has 0 saturated carbocycles. The van der Waals surface area contributed by atoms with Crippen LogP contribution in [0.3, 0.4) is 0 Å². The molecule has 0 radical (unpaired) electrons. The van der Waals surface area contributed by atoms with Gasteiger partial charge in [0.05, 0.1) is 18.5 Å². The van der Waals surface area contributed by atoms with Gasteiger partial charge in [-0.3, -0.25) is 4.68 Å². The summed E-state index contributed by atoms with van der Waals surface area (Å²) in [5.41, 5.74) is 7.69. The van der Waals surface area contributed by atoms with E-state index in [-0.39, 0.29) is 6.08 Å². The van der Waals surface area contributed by atoms with Crippen LogP contribution in [0.4, 0.5) is 5.69 Å². The van der Waals surface area contributed by atoms with E-state index < -0.39 is 0 Å². The Balaban J connectivity index is 2.53. The number of anilines is 1. The topological polar surface area (TPSA) is 92.0 Å². The van der Waals surface area contributed by atoms with Crippen molar-refractivity contribution in [1.82, 2.24) is 20.0 Å². The van der Waals surface area contributed by atoms with Crippen molar-refractivity contribution < 1.29 is 9.15 Å². The SMILES string of the molecule is COc1nnc(-c2c(N)c(C)nn2C)o1. The molecule has 7 heteroatoms. The van der Waals surface area contributed by atoms with Crippen LogP contribution >= 0.6 is 0 Å². The van der Waals surface area contributed by atoms with E-state index in [0.717, 1.165) is 5.69 Å². The summed E-state index contributed by atoms with van der Waals surface area (Å²) in [6.45, 7) is 1.81. The van der Waals surface area contributed by atoms with Gasteiger partial charge < -0.3 is 14.9 Å². The highest BCUT2D eigenvalue weighted by Gasteiger charge is 2.18. The number of hydrogen-bond acceptors (Lipinski definition) is 6. The molecule has 2 heterocycles. The molecule has 2 rings (SSSR count). The van der Waals surface area contributed by atoms with Crippen molar-refractivity contribution in [1.29, 1.82) is 0 Å². The van der Waals surface area contributed by atoms with E-state index in [1.165, 1.54) is 7.11 Å². The molecule has 15 heavy (non-hydrogen) atoms. The summed E-state index contributed by atoms with van der Waals surface area (Å²) in [7, 11) is 3.21. The van der Waals surface area contributed by atoms with Crippen molar-refractivity contribution >= 4 is 5.69 Å². The van der Waals surface area contributed by atoms with Crippen LogP contribution in [0.1, 0.15) is 5.69 Å². The summed E-state index contributed by atoms with van der Waals surface area (Å²) in [6, 6.07) is 0. The zero-order valence-electron chi connectivity index (χ0n) is 8.68. The van der Waals surface area contributed by atoms with Crippen LogP contribution in [0.25, 0.3) is 11.6 Å². The number of aryl methyl sites for hydroxylation is 2. The van der Waals surface area contributed by atoms with Gasteiger partial charge in [0.2, 0.25) is 0 Å². The highest BCUT2D eigenvalue weighted by atomic mass is 16.6. The van der Waals surface area contributed by atoms with Crippen LogP contribution < -0.4 is 10.5 Å². The molecular formula is C8H11N5O2. The zero-order chi connectivity index (χ0) is 11.0. The number of ether oxygens (including phenoxy) is 1. The molecule has 0 aliphatic rings. The van der Waals surface area contributed by atoms with Gasteiger partial charge in [0, 0.05) is 7.05 Å². The lowest BCUT2D eigenvalue weighted by atomic mass is 10.3. The summed E-state index contributed by atoms with van der Waals surface area (Å²) in [6.07, 6.45) is 0.100. The molecule has 0 bridgehead atoms. The number of aromatic nitrogens is 4. The van der Waals surface area contributed by atoms with E-state index in [1.54, 1.807) is 11.7 Å². The molecule has 0 aliphatic heterocycles. The molecule has 0 aliphatic carbocycles. The Labute approximate surface area is 85.8 Å². The minimum Gasteiger partial charge on any atom is -0.452 e. The molecule has 2 aromatic rings. The Morgan fingerprint density at radius 2 is 2.13 bits per heavy atom. The molecule has 0 atom stereocenters. The first-order chi connectivity index (χ1) is 7.13. The maximum Gasteiger partial charge on any atom is 0.414 e. The average molecular weight is 209 g/mol. The van der Waals surface area contributed by atoms with E-state index in [0.29, 0.717) is 17.3 Å². The minimum absolute atomic E-state index is 0.100. The highest BCUT2D eigenvalue weighted by molar-refractivity contribution is 5.68. The van der Waals surface area contributed by atoms with Gasteiger partial charge in [0.1, 0.15) is 5.69 Å². The third-order valence-electron chi connectivity index (χ3n) is 2.05. The van der Waals surface area contributed by atoms with Gasteiger partial charge in [-0.15, -0.1) is 5.10 Å². The molecule has 80 valence electrons. The normalized spacial score (nSPS) is 10.6. The number of methoxy groups -OCH3 is 1. The molecule has 7 nitrogen and oxygen atoms in total. The lowest BCUT2D eigenvalue weighted by molar-refractivity contribution is 0.293. The lowest BCUT2D eigenvalue weighted by Crippen LogP contribution is -1.95. The van der Waals surface area contributed by atoms with E-state index in [4.69, 9.17) is 14.9 Å². The van der Waals surface area contributed by atoms with Gasteiger partial charge in [0.25, 0.3) is 5.89 Å². The Morgan fingerprint density at radius 3 is 2.60 bits per heavy atom. The van der Waals surface area contributed by atoms with Gasteiger partial charge in [-0.2, -0.15) is 5.10 Å². The first kappa shape index (κ1) is 9.50. The maximum atomic E-state index is 5.83. The Hall–Kier alpha value is -2.05. The Kier molecular flexibility index (Phi) is 2.07. The third kappa shape index (κ3) is 1.41. The molecule has 2 N–H and O–H groups in total. The number of hydrogen-bond donors (Lipinski definition) is 1. The van der Waals surface area contributed by atoms with Crippen molar-refractivity contribution in [3.63, 3.8) is 0 Å². The van der Waals surface area contributed by atoms with Crippen molar-refractivity contribution in [3.05, 3.63) is 5.69 Å². The van der Waals surface area contributed by atoms with E-state index in [9.17, 15) is 0 Å². The number of nitrogen functional groups attached to an aromatic ring is 1. The second kappa shape index (κ2) is 3.26. The lowest BCUT2D eigenvalue weighted by Gasteiger charge is -1.96. The van der Waals surface area contributed by atoms with Crippen LogP contribution in [-0.4, -0.2) is 27.1 Å². The van der Waals surface area contributed by atoms with Crippen LogP contribution in [0.15, 0.2) is 4.42 Å². The van der Waals surface area contributed by atoms with Crippen LogP contribution in [0.2, 0.25) is 0 Å². The summed E-state index contributed by atoms with van der Waals surface area (Å²) < 4.78 is 11.6. The van der Waals surface area contributed by atoms with E-state index >= 15 is 0 Å². The zero-order valence-corrected chi connectivity index (χ0v) is 8.68. The van der Waals surface area contributed by atoms with Gasteiger partial charge in [-0.1, -0.05) is 5.10 Å². The maximum absolute atomic E-state index is 5.83. The molecule has 0 saturated heterocycles. The van der Waals surface area contributed by atoms with Gasteiger partial charge in [-0.05, 0) is 6.92 Å². The fourth-order valence-corrected chi connectivity index (χ4v) is 1.32. The first-order valence-corrected chi connectivity index (χ1v) is 4.30. The second-order valence-electron chi connectivity index (χ2n) is 3.05. The predicted molar refractivity (Wildman–Crippen MR) is 52.2 cm³/mol. The fraction of sp³-hybridized carbons (Fsp3) is 0.375. The van der Waals surface area contributed by atoms with Crippen molar-refractivity contribution in [2.45, 2.75) is 6.92 Å². The van der Waals surface area contributed by atoms with Crippen molar-refractivity contribution in [2.75, 3.05) is 12.8 Å². The number of nitrogens with zero attached hydrogens (tertiary/aromatic N) is 4. The molecule has 2 aromatic heterocycles. The molecular weight excluding hydrogens is 198 g/mol. The molecule has 0 aromatic carbocycles. The molecule has 0 amide bonds. The Bertz CT molecular complexity index is 487. The largest absolute Gasteiger partial charge is 0.452 e. The van der Waals surface area contributed by atoms with Crippen LogP contribution in [0, 0.1) is 6.92 Å². The molecule has 0 unspecified atom stereocenters. The predicted octanol–water partition coefficient (Wildman–Crippen LogP) is 0.369. The van der Waals surface area contributed by atoms with E-state index in [2.05, 4.69) is 15.3 Å². The average Bonchev–Trinajstić information content (AvgIpc) is 2.74. The fourth-order valence-electron chi connectivity index (χ4n) is 1.32. The summed E-state index contributed by atoms with van der Waals surface area (Å²) >= 11 is 0. The Morgan fingerprint density at radius 1 is 1.40 bits per heavy atom. The standard InChI is InChI=1S/C8H11N5O2/c1-4-5(9)6(13(2)12-4)7-10-11-8(14-3)15-7/h9H2,1-3H3. The van der Waals surface area contributed by atoms with Gasteiger partial charge >= 0.3 is 6.08 Å². The number of rotatable bonds is 2. The number of nitrogens with two attached hydrogens (primary N) is 1. The summed E-state index contributed by atoms with van der Waals surface area (Å²) in [5, 5.41) is 11.6. The summed E-state index contributed by atoms with van der Waals surface area (Å²) in [4.78, 5) is 0. The van der Waals surface area contributed by atoms with E-state index in [1.807, 2.05) is 6.92 Å². The van der Waals surface area contributed by atoms with Crippen LogP contribution in [-0.2, 0) is 7.05 Å². The smallest absolute Gasteiger partial charge is 0.414 e. The first-order valence-electron chi connectivity index (χ1n) is 4.30. The van der Waals surface area contributed by atoms with Crippen LogP contribution in [0.5, 0.6) is 6.08 Å². The minimum atomic E-state index is 0.100. The third-order valence-corrected chi connectivity index (χ3v) is 2.05. The molecule has 0 spiro atoms.